The highest BCUT2D eigenvalue weighted by Gasteiger charge is 2.15. The van der Waals surface area contributed by atoms with Crippen LogP contribution in [0.1, 0.15) is 26.7 Å². The molecular weight excluding hydrogens is 122 g/mol. The summed E-state index contributed by atoms with van der Waals surface area (Å²) in [5, 5.41) is 0. The van der Waals surface area contributed by atoms with Gasteiger partial charge in [0.15, 0.2) is 0 Å². The fraction of sp³-hybridized carbons (Fsp3) is 0.778. The summed E-state index contributed by atoms with van der Waals surface area (Å²) in [5.74, 6) is 1.46. The second-order valence-corrected chi connectivity index (χ2v) is 3.40. The zero-order valence-corrected chi connectivity index (χ0v) is 6.93. The smallest absolute Gasteiger partial charge is 0.00116 e. The Bertz CT molecular complexity index is 138. The van der Waals surface area contributed by atoms with Gasteiger partial charge in [0.2, 0.25) is 0 Å². The van der Waals surface area contributed by atoms with E-state index in [0.29, 0.717) is 5.92 Å². The van der Waals surface area contributed by atoms with Crippen LogP contribution in [-0.2, 0) is 0 Å². The van der Waals surface area contributed by atoms with Crippen LogP contribution in [0.2, 0.25) is 0 Å². The second-order valence-electron chi connectivity index (χ2n) is 3.40. The first kappa shape index (κ1) is 7.80. The lowest BCUT2D eigenvalue weighted by Crippen LogP contribution is -2.19. The molecule has 0 aromatic carbocycles. The van der Waals surface area contributed by atoms with Crippen molar-refractivity contribution in [2.45, 2.75) is 26.7 Å². The quantitative estimate of drug-likeness (QED) is 0.552. The van der Waals surface area contributed by atoms with Crippen molar-refractivity contribution < 1.29 is 0 Å². The number of allylic oxidation sites excluding steroid dienone is 1. The number of rotatable bonds is 1. The van der Waals surface area contributed by atoms with E-state index in [-0.39, 0.29) is 0 Å². The van der Waals surface area contributed by atoms with E-state index >= 15 is 0 Å². The maximum absolute atomic E-state index is 5.60. The third-order valence-corrected chi connectivity index (χ3v) is 2.45. The largest absolute Gasteiger partial charge is 0.330 e. The van der Waals surface area contributed by atoms with Gasteiger partial charge in [0.05, 0.1) is 0 Å². The molecule has 2 atom stereocenters. The highest BCUT2D eigenvalue weighted by atomic mass is 14.5. The zero-order chi connectivity index (χ0) is 7.56. The molecule has 0 heterocycles. The van der Waals surface area contributed by atoms with E-state index < -0.39 is 0 Å². The van der Waals surface area contributed by atoms with Gasteiger partial charge < -0.3 is 5.73 Å². The average molecular weight is 139 g/mol. The minimum absolute atomic E-state index is 0.677. The minimum Gasteiger partial charge on any atom is -0.330 e. The van der Waals surface area contributed by atoms with Crippen LogP contribution >= 0.6 is 0 Å². The molecule has 0 aromatic rings. The van der Waals surface area contributed by atoms with E-state index in [1.54, 1.807) is 0 Å². The summed E-state index contributed by atoms with van der Waals surface area (Å²) in [7, 11) is 0. The van der Waals surface area contributed by atoms with Crippen LogP contribution in [0.15, 0.2) is 11.6 Å². The lowest BCUT2D eigenvalue weighted by Gasteiger charge is -2.23. The Morgan fingerprint density at radius 3 is 2.80 bits per heavy atom. The van der Waals surface area contributed by atoms with Gasteiger partial charge in [-0.1, -0.05) is 18.6 Å². The van der Waals surface area contributed by atoms with E-state index in [0.717, 1.165) is 12.5 Å². The van der Waals surface area contributed by atoms with Crippen molar-refractivity contribution >= 4 is 0 Å². The molecule has 10 heavy (non-hydrogen) atoms. The first-order valence-electron chi connectivity index (χ1n) is 4.12. The Morgan fingerprint density at radius 2 is 2.30 bits per heavy atom. The topological polar surface area (TPSA) is 26.0 Å². The van der Waals surface area contributed by atoms with Crippen molar-refractivity contribution in [3.05, 3.63) is 11.6 Å². The second kappa shape index (κ2) is 3.20. The van der Waals surface area contributed by atoms with Gasteiger partial charge in [-0.3, -0.25) is 0 Å². The normalized spacial score (nSPS) is 33.7. The molecular formula is C9H17N. The Hall–Kier alpha value is -0.300. The van der Waals surface area contributed by atoms with Gasteiger partial charge in [-0.15, -0.1) is 0 Å². The van der Waals surface area contributed by atoms with Gasteiger partial charge in [-0.2, -0.15) is 0 Å². The molecule has 1 heteroatoms. The molecule has 0 radical (unpaired) electrons. The molecule has 0 amide bonds. The monoisotopic (exact) mass is 139 g/mol. The Kier molecular flexibility index (Phi) is 2.50. The lowest BCUT2D eigenvalue weighted by atomic mass is 9.84. The summed E-state index contributed by atoms with van der Waals surface area (Å²) in [6.45, 7) is 5.30. The first-order chi connectivity index (χ1) is 4.74. The molecule has 0 aliphatic heterocycles. The summed E-state index contributed by atoms with van der Waals surface area (Å²) < 4.78 is 0. The minimum atomic E-state index is 0.677. The van der Waals surface area contributed by atoms with Crippen molar-refractivity contribution in [3.63, 3.8) is 0 Å². The first-order valence-corrected chi connectivity index (χ1v) is 4.12. The summed E-state index contributed by atoms with van der Waals surface area (Å²) in [5.41, 5.74) is 7.10. The van der Waals surface area contributed by atoms with Crippen LogP contribution in [0.25, 0.3) is 0 Å². The summed E-state index contributed by atoms with van der Waals surface area (Å²) >= 11 is 0. The van der Waals surface area contributed by atoms with Gasteiger partial charge in [0.25, 0.3) is 0 Å². The fourth-order valence-electron chi connectivity index (χ4n) is 1.66. The Balaban J connectivity index is 2.58. The molecule has 2 unspecified atom stereocenters. The highest BCUT2D eigenvalue weighted by molar-refractivity contribution is 5.09. The molecule has 0 aromatic heterocycles. The molecule has 0 saturated carbocycles. The van der Waals surface area contributed by atoms with Gasteiger partial charge in [-0.25, -0.2) is 0 Å². The van der Waals surface area contributed by atoms with Crippen molar-refractivity contribution in [2.75, 3.05) is 6.54 Å². The maximum Gasteiger partial charge on any atom is -0.00116 e. The number of hydrogen-bond donors (Lipinski definition) is 1. The Labute approximate surface area is 63.3 Å². The lowest BCUT2D eigenvalue weighted by molar-refractivity contribution is 0.459. The predicted octanol–water partition coefficient (Wildman–Crippen LogP) is 1.94. The summed E-state index contributed by atoms with van der Waals surface area (Å²) in [6.07, 6.45) is 4.97. The van der Waals surface area contributed by atoms with Crippen LogP contribution in [0.4, 0.5) is 0 Å². The maximum atomic E-state index is 5.60. The third-order valence-electron chi connectivity index (χ3n) is 2.45. The summed E-state index contributed by atoms with van der Waals surface area (Å²) in [4.78, 5) is 0. The molecule has 0 spiro atoms. The molecule has 0 bridgehead atoms. The van der Waals surface area contributed by atoms with Crippen molar-refractivity contribution in [1.29, 1.82) is 0 Å². The molecule has 0 fully saturated rings. The number of hydrogen-bond acceptors (Lipinski definition) is 1. The van der Waals surface area contributed by atoms with Crippen LogP contribution in [0, 0.1) is 11.8 Å². The van der Waals surface area contributed by atoms with Crippen LogP contribution < -0.4 is 5.73 Å². The predicted molar refractivity (Wildman–Crippen MR) is 44.7 cm³/mol. The van der Waals surface area contributed by atoms with Crippen LogP contribution in [-0.4, -0.2) is 6.54 Å². The highest BCUT2D eigenvalue weighted by Crippen LogP contribution is 2.26. The van der Waals surface area contributed by atoms with E-state index in [1.165, 1.54) is 18.4 Å². The Morgan fingerprint density at radius 1 is 1.60 bits per heavy atom. The zero-order valence-electron chi connectivity index (χ0n) is 6.93. The molecule has 1 aliphatic carbocycles. The molecule has 2 N–H and O–H groups in total. The van der Waals surface area contributed by atoms with E-state index in [2.05, 4.69) is 19.9 Å². The molecule has 1 nitrogen and oxygen atoms in total. The van der Waals surface area contributed by atoms with E-state index in [9.17, 15) is 0 Å². The standard InChI is InChI=1S/C9H17N/c1-7-3-4-9(6-10)8(2)5-7/h5,7,9H,3-4,6,10H2,1-2H3. The van der Waals surface area contributed by atoms with Crippen LogP contribution in [0.3, 0.4) is 0 Å². The van der Waals surface area contributed by atoms with Gasteiger partial charge in [-0.05, 0) is 38.1 Å². The third kappa shape index (κ3) is 1.60. The molecule has 58 valence electrons. The van der Waals surface area contributed by atoms with Crippen LogP contribution in [0.5, 0.6) is 0 Å². The van der Waals surface area contributed by atoms with Crippen molar-refractivity contribution in [3.8, 4) is 0 Å². The average Bonchev–Trinajstić information content (AvgIpc) is 1.88. The molecule has 0 saturated heterocycles. The van der Waals surface area contributed by atoms with E-state index in [1.807, 2.05) is 0 Å². The fourth-order valence-corrected chi connectivity index (χ4v) is 1.66. The molecule has 1 aliphatic rings. The SMILES string of the molecule is CC1=CC(C)CCC1CN. The van der Waals surface area contributed by atoms with Gasteiger partial charge in [0.1, 0.15) is 0 Å². The van der Waals surface area contributed by atoms with Gasteiger partial charge >= 0.3 is 0 Å². The van der Waals surface area contributed by atoms with Gasteiger partial charge in [0, 0.05) is 0 Å². The molecule has 1 rings (SSSR count). The van der Waals surface area contributed by atoms with E-state index in [4.69, 9.17) is 5.73 Å². The number of nitrogens with two attached hydrogens (primary N) is 1. The van der Waals surface area contributed by atoms with Crippen molar-refractivity contribution in [2.24, 2.45) is 17.6 Å². The summed E-state index contributed by atoms with van der Waals surface area (Å²) in [6, 6.07) is 0. The van der Waals surface area contributed by atoms with Crippen molar-refractivity contribution in [1.82, 2.24) is 0 Å².